The summed E-state index contributed by atoms with van der Waals surface area (Å²) in [6, 6.07) is 10.3. The van der Waals surface area contributed by atoms with Gasteiger partial charge in [0.15, 0.2) is 0 Å². The van der Waals surface area contributed by atoms with Crippen LogP contribution in [0, 0.1) is 0 Å². The molecule has 0 radical (unpaired) electrons. The van der Waals surface area contributed by atoms with Crippen molar-refractivity contribution in [2.45, 2.75) is 6.92 Å². The van der Waals surface area contributed by atoms with Gasteiger partial charge in [-0.1, -0.05) is 42.5 Å². The SMILES string of the molecule is C/C=C/c1ccccc1.[Cl-].[Zn]. The quantitative estimate of drug-likeness (QED) is 0.570. The Balaban J connectivity index is 0. The summed E-state index contributed by atoms with van der Waals surface area (Å²) in [5.41, 5.74) is 1.26. The molecule has 0 fully saturated rings. The Morgan fingerprint density at radius 3 is 2.09 bits per heavy atom. The molecule has 11 heavy (non-hydrogen) atoms. The fourth-order valence-electron chi connectivity index (χ4n) is 0.757. The normalized spacial score (nSPS) is 8.45. The molecule has 0 aliphatic carbocycles. The van der Waals surface area contributed by atoms with Gasteiger partial charge in [-0.2, -0.15) is 0 Å². The first kappa shape index (κ1) is 13.5. The van der Waals surface area contributed by atoms with Crippen LogP contribution in [0.4, 0.5) is 0 Å². The van der Waals surface area contributed by atoms with Crippen molar-refractivity contribution in [3.63, 3.8) is 0 Å². The van der Waals surface area contributed by atoms with Gasteiger partial charge in [-0.05, 0) is 12.5 Å². The molecule has 0 bridgehead atoms. The van der Waals surface area contributed by atoms with Gasteiger partial charge in [0, 0.05) is 19.5 Å². The molecule has 0 spiro atoms. The topological polar surface area (TPSA) is 0 Å². The zero-order valence-corrected chi connectivity index (χ0v) is 10.3. The Bertz CT molecular complexity index is 194. The van der Waals surface area contributed by atoms with E-state index in [4.69, 9.17) is 0 Å². The Morgan fingerprint density at radius 2 is 1.64 bits per heavy atom. The summed E-state index contributed by atoms with van der Waals surface area (Å²) >= 11 is 0. The van der Waals surface area contributed by atoms with E-state index < -0.39 is 0 Å². The van der Waals surface area contributed by atoms with Gasteiger partial charge in [-0.15, -0.1) is 0 Å². The molecule has 0 atom stereocenters. The van der Waals surface area contributed by atoms with Gasteiger partial charge < -0.3 is 12.4 Å². The molecular formula is C9H10ClZn-. The van der Waals surface area contributed by atoms with Crippen molar-refractivity contribution in [2.24, 2.45) is 0 Å². The molecule has 0 heterocycles. The number of rotatable bonds is 1. The minimum Gasteiger partial charge on any atom is -1.00 e. The molecule has 0 aliphatic heterocycles. The van der Waals surface area contributed by atoms with E-state index in [1.165, 1.54) is 5.56 Å². The molecule has 0 nitrogen and oxygen atoms in total. The average Bonchev–Trinajstić information content (AvgIpc) is 1.91. The van der Waals surface area contributed by atoms with Crippen molar-refractivity contribution >= 4 is 6.08 Å². The minimum atomic E-state index is 0. The van der Waals surface area contributed by atoms with Crippen LogP contribution < -0.4 is 12.4 Å². The Labute approximate surface area is 86.9 Å². The van der Waals surface area contributed by atoms with E-state index in [0.29, 0.717) is 0 Å². The minimum absolute atomic E-state index is 0. The van der Waals surface area contributed by atoms with Crippen LogP contribution in [0.5, 0.6) is 0 Å². The molecule has 2 heteroatoms. The number of allylic oxidation sites excluding steroid dienone is 1. The summed E-state index contributed by atoms with van der Waals surface area (Å²) < 4.78 is 0. The second kappa shape index (κ2) is 7.97. The molecular weight excluding hydrogens is 209 g/mol. The molecule has 1 rings (SSSR count). The molecule has 0 aliphatic rings. The predicted molar refractivity (Wildman–Crippen MR) is 41.2 cm³/mol. The first-order chi connectivity index (χ1) is 4.43. The van der Waals surface area contributed by atoms with Gasteiger partial charge in [0.25, 0.3) is 0 Å². The van der Waals surface area contributed by atoms with Gasteiger partial charge in [-0.3, -0.25) is 0 Å². The molecule has 0 unspecified atom stereocenters. The van der Waals surface area contributed by atoms with Crippen LogP contribution in [-0.2, 0) is 19.5 Å². The summed E-state index contributed by atoms with van der Waals surface area (Å²) in [6.45, 7) is 2.02. The summed E-state index contributed by atoms with van der Waals surface area (Å²) in [7, 11) is 0. The number of halogens is 1. The molecule has 0 N–H and O–H groups in total. The maximum atomic E-state index is 2.08. The third-order valence-electron chi connectivity index (χ3n) is 1.16. The Kier molecular flexibility index (Phi) is 9.76. The van der Waals surface area contributed by atoms with E-state index >= 15 is 0 Å². The molecule has 1 aromatic rings. The van der Waals surface area contributed by atoms with E-state index in [9.17, 15) is 0 Å². The van der Waals surface area contributed by atoms with Crippen molar-refractivity contribution in [1.82, 2.24) is 0 Å². The molecule has 0 aromatic heterocycles. The summed E-state index contributed by atoms with van der Waals surface area (Å²) in [6.07, 6.45) is 4.12. The fraction of sp³-hybridized carbons (Fsp3) is 0.111. The molecule has 0 amide bonds. The van der Waals surface area contributed by atoms with Crippen molar-refractivity contribution < 1.29 is 31.9 Å². The smallest absolute Gasteiger partial charge is 0 e. The van der Waals surface area contributed by atoms with Crippen LogP contribution in [0.2, 0.25) is 0 Å². The number of hydrogen-bond acceptors (Lipinski definition) is 0. The maximum absolute atomic E-state index is 2.08. The van der Waals surface area contributed by atoms with Crippen LogP contribution in [-0.4, -0.2) is 0 Å². The van der Waals surface area contributed by atoms with E-state index in [1.54, 1.807) is 0 Å². The van der Waals surface area contributed by atoms with Crippen molar-refractivity contribution in [3.05, 3.63) is 42.0 Å². The van der Waals surface area contributed by atoms with E-state index in [2.05, 4.69) is 18.2 Å². The summed E-state index contributed by atoms with van der Waals surface area (Å²) in [4.78, 5) is 0. The van der Waals surface area contributed by atoms with Gasteiger partial charge in [0.05, 0.1) is 0 Å². The molecule has 0 saturated heterocycles. The Hall–Kier alpha value is -0.127. The first-order valence-corrected chi connectivity index (χ1v) is 3.11. The van der Waals surface area contributed by atoms with Crippen molar-refractivity contribution in [3.8, 4) is 0 Å². The summed E-state index contributed by atoms with van der Waals surface area (Å²) in [5.74, 6) is 0. The average molecular weight is 219 g/mol. The van der Waals surface area contributed by atoms with Crippen molar-refractivity contribution in [2.75, 3.05) is 0 Å². The van der Waals surface area contributed by atoms with Crippen LogP contribution in [0.15, 0.2) is 36.4 Å². The fourth-order valence-corrected chi connectivity index (χ4v) is 0.757. The number of benzene rings is 1. The van der Waals surface area contributed by atoms with Crippen LogP contribution in [0.3, 0.4) is 0 Å². The van der Waals surface area contributed by atoms with E-state index in [-0.39, 0.29) is 31.9 Å². The van der Waals surface area contributed by atoms with Crippen LogP contribution in [0.25, 0.3) is 6.08 Å². The van der Waals surface area contributed by atoms with Crippen molar-refractivity contribution in [1.29, 1.82) is 0 Å². The molecule has 1 aromatic carbocycles. The molecule has 0 saturated carbocycles. The van der Waals surface area contributed by atoms with Gasteiger partial charge >= 0.3 is 0 Å². The van der Waals surface area contributed by atoms with Gasteiger partial charge in [-0.25, -0.2) is 0 Å². The zero-order valence-electron chi connectivity index (χ0n) is 6.63. The van der Waals surface area contributed by atoms with Gasteiger partial charge in [0.2, 0.25) is 0 Å². The monoisotopic (exact) mass is 217 g/mol. The predicted octanol–water partition coefficient (Wildman–Crippen LogP) is -0.279. The Morgan fingerprint density at radius 1 is 1.09 bits per heavy atom. The van der Waals surface area contributed by atoms with Gasteiger partial charge in [0.1, 0.15) is 0 Å². The first-order valence-electron chi connectivity index (χ1n) is 3.11. The second-order valence-corrected chi connectivity index (χ2v) is 1.91. The zero-order chi connectivity index (χ0) is 6.53. The summed E-state index contributed by atoms with van der Waals surface area (Å²) in [5, 5.41) is 0. The third-order valence-corrected chi connectivity index (χ3v) is 1.16. The van der Waals surface area contributed by atoms with Crippen LogP contribution in [0.1, 0.15) is 12.5 Å². The second-order valence-electron chi connectivity index (χ2n) is 1.91. The largest absolute Gasteiger partial charge is 1.00 e. The maximum Gasteiger partial charge on any atom is 0 e. The van der Waals surface area contributed by atoms with E-state index in [1.807, 2.05) is 31.2 Å². The van der Waals surface area contributed by atoms with E-state index in [0.717, 1.165) is 0 Å². The standard InChI is InChI=1S/C9H10.ClH.Zn/c1-2-6-9-7-4-3-5-8-9;;/h2-8H,1H3;1H;/p-1/b6-2+;;. The molecule has 56 valence electrons. The third kappa shape index (κ3) is 5.18. The van der Waals surface area contributed by atoms with Crippen LogP contribution >= 0.6 is 0 Å². The number of hydrogen-bond donors (Lipinski definition) is 0.